The van der Waals surface area contributed by atoms with Crippen LogP contribution in [0.15, 0.2) is 211 Å². The topological polar surface area (TPSA) is 56.7 Å². The second-order valence-electron chi connectivity index (χ2n) is 16.7. The molecule has 0 N–H and O–H groups in total. The third-order valence-corrected chi connectivity index (χ3v) is 14.2. The van der Waals surface area contributed by atoms with Crippen LogP contribution >= 0.6 is 11.3 Å². The fraction of sp³-hybridized carbons (Fsp3) is 0. The van der Waals surface area contributed by atoms with Crippen LogP contribution in [0.5, 0.6) is 0 Å². The Labute approximate surface area is 376 Å². The van der Waals surface area contributed by atoms with Gasteiger partial charge in [0.05, 0.1) is 16.7 Å². The fourth-order valence-electron chi connectivity index (χ4n) is 10.1. The van der Waals surface area contributed by atoms with Crippen molar-refractivity contribution in [2.45, 2.75) is 0 Å². The Morgan fingerprint density at radius 2 is 1.03 bits per heavy atom. The van der Waals surface area contributed by atoms with Crippen molar-refractivity contribution in [2.24, 2.45) is 0 Å². The lowest BCUT2D eigenvalue weighted by Gasteiger charge is -2.17. The molecule has 0 saturated carbocycles. The minimum atomic E-state index is 0.584. The first kappa shape index (κ1) is 36.1. The molecule has 0 atom stereocenters. The lowest BCUT2D eigenvalue weighted by molar-refractivity contribution is 0.667. The molecule has 6 heteroatoms. The van der Waals surface area contributed by atoms with Crippen LogP contribution in [0.3, 0.4) is 0 Å². The average molecular weight is 847 g/mol. The molecule has 10 aromatic carbocycles. The van der Waals surface area contributed by atoms with Crippen LogP contribution in [0, 0.1) is 0 Å². The monoisotopic (exact) mass is 846 g/mol. The van der Waals surface area contributed by atoms with E-state index >= 15 is 0 Å². The second kappa shape index (κ2) is 14.0. The van der Waals surface area contributed by atoms with Gasteiger partial charge in [-0.05, 0) is 69.8 Å². The molecule has 14 aromatic rings. The van der Waals surface area contributed by atoms with E-state index in [-0.39, 0.29) is 0 Å². The second-order valence-corrected chi connectivity index (χ2v) is 17.7. The standard InChI is InChI=1S/C59H34N4OS/c1-2-16-35(17-3-1)36-20-14-21-39(32-36)57-60-58(46-28-15-27-44-41-23-10-13-31-51(41)65-56(44)46)62-59(61-57)53-42-24-6-7-25-43(42)54(55-52(53)45-26-9-12-30-50(45)64-55)63-48-29-11-8-22-40(48)47-33-37-18-4-5-19-38(37)34-49(47)63/h1-34H. The van der Waals surface area contributed by atoms with E-state index in [1.807, 2.05) is 12.1 Å². The van der Waals surface area contributed by atoms with E-state index in [0.717, 1.165) is 81.9 Å². The first-order valence-electron chi connectivity index (χ1n) is 21.8. The van der Waals surface area contributed by atoms with E-state index in [2.05, 4.69) is 199 Å². The third kappa shape index (κ3) is 5.48. The van der Waals surface area contributed by atoms with Gasteiger partial charge in [-0.3, -0.25) is 0 Å². The van der Waals surface area contributed by atoms with Crippen molar-refractivity contribution in [2.75, 3.05) is 0 Å². The van der Waals surface area contributed by atoms with Crippen molar-refractivity contribution in [3.63, 3.8) is 0 Å². The molecule has 0 unspecified atom stereocenters. The molecule has 0 fully saturated rings. The molecule has 65 heavy (non-hydrogen) atoms. The van der Waals surface area contributed by atoms with Crippen LogP contribution < -0.4 is 0 Å². The molecule has 0 spiro atoms. The fourth-order valence-corrected chi connectivity index (χ4v) is 11.3. The Morgan fingerprint density at radius 3 is 1.91 bits per heavy atom. The maximum atomic E-state index is 7.16. The summed E-state index contributed by atoms with van der Waals surface area (Å²) < 4.78 is 11.9. The molecule has 4 heterocycles. The highest BCUT2D eigenvalue weighted by atomic mass is 32.1. The number of benzene rings is 10. The van der Waals surface area contributed by atoms with Gasteiger partial charge in [0.15, 0.2) is 23.1 Å². The van der Waals surface area contributed by atoms with Gasteiger partial charge in [-0.2, -0.15) is 0 Å². The number of hydrogen-bond acceptors (Lipinski definition) is 5. The van der Waals surface area contributed by atoms with Gasteiger partial charge in [0, 0.05) is 63.8 Å². The number of rotatable bonds is 5. The van der Waals surface area contributed by atoms with Crippen LogP contribution in [-0.4, -0.2) is 19.5 Å². The molecule has 302 valence electrons. The quantitative estimate of drug-likeness (QED) is 0.173. The lowest BCUT2D eigenvalue weighted by Crippen LogP contribution is -2.03. The van der Waals surface area contributed by atoms with Gasteiger partial charge in [-0.15, -0.1) is 11.3 Å². The molecule has 4 aromatic heterocycles. The van der Waals surface area contributed by atoms with Crippen LogP contribution in [0.1, 0.15) is 0 Å². The van der Waals surface area contributed by atoms with E-state index in [4.69, 9.17) is 19.4 Å². The van der Waals surface area contributed by atoms with E-state index in [1.165, 1.54) is 37.0 Å². The van der Waals surface area contributed by atoms with E-state index in [0.29, 0.717) is 17.5 Å². The predicted octanol–water partition coefficient (Wildman–Crippen LogP) is 16.2. The first-order chi connectivity index (χ1) is 32.2. The van der Waals surface area contributed by atoms with Crippen molar-refractivity contribution in [1.82, 2.24) is 19.5 Å². The zero-order chi connectivity index (χ0) is 42.6. The van der Waals surface area contributed by atoms with E-state index in [1.54, 1.807) is 11.3 Å². The highest BCUT2D eigenvalue weighted by Gasteiger charge is 2.27. The first-order valence-corrected chi connectivity index (χ1v) is 22.7. The van der Waals surface area contributed by atoms with Crippen molar-refractivity contribution < 1.29 is 4.42 Å². The highest BCUT2D eigenvalue weighted by molar-refractivity contribution is 7.26. The molecule has 0 aliphatic rings. The van der Waals surface area contributed by atoms with Gasteiger partial charge in [-0.25, -0.2) is 15.0 Å². The zero-order valence-corrected chi connectivity index (χ0v) is 35.6. The average Bonchev–Trinajstić information content (AvgIpc) is 4.05. The van der Waals surface area contributed by atoms with Gasteiger partial charge < -0.3 is 8.98 Å². The highest BCUT2D eigenvalue weighted by Crippen LogP contribution is 2.48. The molecule has 14 rings (SSSR count). The van der Waals surface area contributed by atoms with Gasteiger partial charge in [0.2, 0.25) is 0 Å². The summed E-state index contributed by atoms with van der Waals surface area (Å²) in [6.07, 6.45) is 0. The number of fused-ring (bicyclic) bond motifs is 11. The van der Waals surface area contributed by atoms with Crippen LogP contribution in [0.25, 0.3) is 136 Å². The Hall–Kier alpha value is -8.45. The minimum absolute atomic E-state index is 0.584. The zero-order valence-electron chi connectivity index (χ0n) is 34.7. The third-order valence-electron chi connectivity index (χ3n) is 13.0. The Kier molecular flexibility index (Phi) is 7.79. The lowest BCUT2D eigenvalue weighted by atomic mass is 9.95. The smallest absolute Gasteiger partial charge is 0.165 e. The minimum Gasteiger partial charge on any atom is -0.454 e. The van der Waals surface area contributed by atoms with Crippen molar-refractivity contribution in [3.8, 4) is 51.0 Å². The van der Waals surface area contributed by atoms with Crippen LogP contribution in [0.2, 0.25) is 0 Å². The Balaban J connectivity index is 1.12. The number of nitrogens with zero attached hydrogens (tertiary/aromatic N) is 4. The van der Waals surface area contributed by atoms with Gasteiger partial charge in [-0.1, -0.05) is 164 Å². The molecular formula is C59H34N4OS. The van der Waals surface area contributed by atoms with Crippen molar-refractivity contribution in [3.05, 3.63) is 206 Å². The van der Waals surface area contributed by atoms with Gasteiger partial charge in [0.1, 0.15) is 5.58 Å². The summed E-state index contributed by atoms with van der Waals surface area (Å²) in [6.45, 7) is 0. The van der Waals surface area contributed by atoms with Crippen molar-refractivity contribution in [1.29, 1.82) is 0 Å². The molecule has 0 radical (unpaired) electrons. The Morgan fingerprint density at radius 1 is 0.400 bits per heavy atom. The molecule has 0 saturated heterocycles. The summed E-state index contributed by atoms with van der Waals surface area (Å²) in [5.41, 5.74) is 9.79. The number of hydrogen-bond donors (Lipinski definition) is 0. The van der Waals surface area contributed by atoms with E-state index < -0.39 is 0 Å². The summed E-state index contributed by atoms with van der Waals surface area (Å²) in [5.74, 6) is 1.81. The predicted molar refractivity (Wildman–Crippen MR) is 271 cm³/mol. The Bertz CT molecular complexity index is 4260. The number of aromatic nitrogens is 4. The summed E-state index contributed by atoms with van der Waals surface area (Å²) in [5, 5.41) is 11.2. The number of thiophene rings is 1. The van der Waals surface area contributed by atoms with Crippen molar-refractivity contribution >= 4 is 96.8 Å². The SMILES string of the molecule is c1ccc(-c2cccc(-c3nc(-c4cccc5c4sc4ccccc45)nc(-c4c5ccccc5c(-n5c6ccccc6c6cc7ccccc7cc65)c5oc6ccccc6c45)n3)c2)cc1. The van der Waals surface area contributed by atoms with E-state index in [9.17, 15) is 0 Å². The molecule has 0 aliphatic heterocycles. The summed E-state index contributed by atoms with van der Waals surface area (Å²) >= 11 is 1.78. The largest absolute Gasteiger partial charge is 0.454 e. The normalized spacial score (nSPS) is 12.0. The number of para-hydroxylation sites is 2. The summed E-state index contributed by atoms with van der Waals surface area (Å²) in [4.78, 5) is 16.4. The maximum Gasteiger partial charge on any atom is 0.165 e. The molecule has 5 nitrogen and oxygen atoms in total. The van der Waals surface area contributed by atoms with Gasteiger partial charge >= 0.3 is 0 Å². The number of furan rings is 1. The van der Waals surface area contributed by atoms with Crippen LogP contribution in [-0.2, 0) is 0 Å². The summed E-state index contributed by atoms with van der Waals surface area (Å²) in [6, 6.07) is 73.1. The van der Waals surface area contributed by atoms with Gasteiger partial charge in [0.25, 0.3) is 0 Å². The summed E-state index contributed by atoms with van der Waals surface area (Å²) in [7, 11) is 0. The maximum absolute atomic E-state index is 7.16. The molecule has 0 aliphatic carbocycles. The molecule has 0 amide bonds. The van der Waals surface area contributed by atoms with Crippen LogP contribution in [0.4, 0.5) is 0 Å². The molecular weight excluding hydrogens is 813 g/mol. The molecule has 0 bridgehead atoms.